The van der Waals surface area contributed by atoms with E-state index in [2.05, 4.69) is 32.6 Å². The topological polar surface area (TPSA) is 76.2 Å². The Hall–Kier alpha value is -2.72. The van der Waals surface area contributed by atoms with E-state index in [1.165, 1.54) is 17.7 Å². The third-order valence-corrected chi connectivity index (χ3v) is 7.00. The molecule has 0 N–H and O–H groups in total. The van der Waals surface area contributed by atoms with Gasteiger partial charge in [0.05, 0.1) is 15.8 Å². The molecule has 2 unspecified atom stereocenters. The number of ether oxygens (including phenoxy) is 3. The van der Waals surface area contributed by atoms with Crippen molar-refractivity contribution in [1.29, 1.82) is 0 Å². The number of aryl methyl sites for hydroxylation is 1. The standard InChI is InChI=1S/C24H26ClN5O3S/c1-2-3-10-29-11-9-27-23(29)18-5-4-6-19(12-18)31-13-20-14-32-24(33-20,15-30-17-26-16-28-30)21-7-8-22(25)34-21/h4-9,11-12,16-17,20H,2-3,10,13-15H2,1H3. The minimum absolute atomic E-state index is 0.250. The fraction of sp³-hybridized carbons (Fsp3) is 0.375. The van der Waals surface area contributed by atoms with Crippen LogP contribution in [0.15, 0.2) is 61.4 Å². The second kappa shape index (κ2) is 10.3. The second-order valence-corrected chi connectivity index (χ2v) is 9.85. The number of thiophene rings is 1. The van der Waals surface area contributed by atoms with Crippen LogP contribution < -0.4 is 4.74 Å². The Morgan fingerprint density at radius 2 is 2.24 bits per heavy atom. The number of imidazole rings is 1. The number of halogens is 1. The van der Waals surface area contributed by atoms with Gasteiger partial charge in [-0.15, -0.1) is 11.3 Å². The molecule has 1 aliphatic heterocycles. The Balaban J connectivity index is 1.27. The van der Waals surface area contributed by atoms with Gasteiger partial charge in [0.25, 0.3) is 0 Å². The average molecular weight is 500 g/mol. The molecule has 1 saturated heterocycles. The molecule has 0 bridgehead atoms. The SMILES string of the molecule is CCCCn1ccnc1-c1cccc(OCC2COC(Cn3cncn3)(c3ccc(Cl)s3)O2)c1. The summed E-state index contributed by atoms with van der Waals surface area (Å²) >= 11 is 7.63. The van der Waals surface area contributed by atoms with E-state index in [1.807, 2.05) is 42.7 Å². The molecule has 8 nitrogen and oxygen atoms in total. The van der Waals surface area contributed by atoms with Crippen molar-refractivity contribution < 1.29 is 14.2 Å². The first-order valence-corrected chi connectivity index (χ1v) is 12.5. The summed E-state index contributed by atoms with van der Waals surface area (Å²) in [4.78, 5) is 9.46. The van der Waals surface area contributed by atoms with E-state index in [4.69, 9.17) is 25.8 Å². The molecular weight excluding hydrogens is 474 g/mol. The summed E-state index contributed by atoms with van der Waals surface area (Å²) in [6.45, 7) is 4.26. The number of aromatic nitrogens is 5. The second-order valence-electron chi connectivity index (χ2n) is 8.14. The van der Waals surface area contributed by atoms with Crippen molar-refractivity contribution in [2.75, 3.05) is 13.2 Å². The molecule has 0 amide bonds. The van der Waals surface area contributed by atoms with Gasteiger partial charge in [0.15, 0.2) is 0 Å². The first-order chi connectivity index (χ1) is 16.6. The van der Waals surface area contributed by atoms with Gasteiger partial charge in [-0.2, -0.15) is 5.10 Å². The number of hydrogen-bond acceptors (Lipinski definition) is 7. The predicted octanol–water partition coefficient (Wildman–Crippen LogP) is 5.00. The normalized spacial score (nSPS) is 20.1. The van der Waals surface area contributed by atoms with Crippen molar-refractivity contribution in [2.45, 2.75) is 44.7 Å². The lowest BCUT2D eigenvalue weighted by Crippen LogP contribution is -2.33. The maximum atomic E-state index is 6.41. The summed E-state index contributed by atoms with van der Waals surface area (Å²) in [6, 6.07) is 11.8. The van der Waals surface area contributed by atoms with E-state index < -0.39 is 5.79 Å². The van der Waals surface area contributed by atoms with Crippen molar-refractivity contribution in [3.05, 3.63) is 70.7 Å². The van der Waals surface area contributed by atoms with E-state index in [-0.39, 0.29) is 6.10 Å². The maximum absolute atomic E-state index is 6.41. The minimum Gasteiger partial charge on any atom is -0.491 e. The van der Waals surface area contributed by atoms with Gasteiger partial charge in [0, 0.05) is 24.5 Å². The van der Waals surface area contributed by atoms with Crippen LogP contribution in [0.25, 0.3) is 11.4 Å². The van der Waals surface area contributed by atoms with Gasteiger partial charge < -0.3 is 18.8 Å². The molecule has 4 aromatic rings. The lowest BCUT2D eigenvalue weighted by Gasteiger charge is -2.26. The van der Waals surface area contributed by atoms with Crippen molar-refractivity contribution in [1.82, 2.24) is 24.3 Å². The summed E-state index contributed by atoms with van der Waals surface area (Å²) in [5, 5.41) is 4.21. The summed E-state index contributed by atoms with van der Waals surface area (Å²) in [6.07, 6.45) is 9.00. The summed E-state index contributed by atoms with van der Waals surface area (Å²) in [7, 11) is 0. The number of hydrogen-bond donors (Lipinski definition) is 0. The van der Waals surface area contributed by atoms with Crippen molar-refractivity contribution in [3.8, 4) is 17.1 Å². The van der Waals surface area contributed by atoms with Gasteiger partial charge >= 0.3 is 0 Å². The fourth-order valence-corrected chi connectivity index (χ4v) is 5.10. The molecule has 34 heavy (non-hydrogen) atoms. The van der Waals surface area contributed by atoms with Crippen LogP contribution in [0.2, 0.25) is 4.34 Å². The van der Waals surface area contributed by atoms with E-state index in [0.29, 0.717) is 24.1 Å². The molecule has 4 heterocycles. The van der Waals surface area contributed by atoms with Gasteiger partial charge in [-0.3, -0.25) is 0 Å². The lowest BCUT2D eigenvalue weighted by molar-refractivity contribution is -0.188. The summed E-state index contributed by atoms with van der Waals surface area (Å²) in [5.41, 5.74) is 1.02. The Morgan fingerprint density at radius 1 is 1.29 bits per heavy atom. The van der Waals surface area contributed by atoms with Crippen LogP contribution in [-0.2, 0) is 28.4 Å². The molecule has 178 valence electrons. The Labute approximate surface area is 207 Å². The van der Waals surface area contributed by atoms with E-state index in [1.54, 1.807) is 11.0 Å². The van der Waals surface area contributed by atoms with Gasteiger partial charge in [0.1, 0.15) is 43.5 Å². The Kier molecular flexibility index (Phi) is 6.96. The van der Waals surface area contributed by atoms with Crippen LogP contribution >= 0.6 is 22.9 Å². The van der Waals surface area contributed by atoms with Crippen LogP contribution in [0.5, 0.6) is 5.75 Å². The van der Waals surface area contributed by atoms with E-state index in [0.717, 1.165) is 41.4 Å². The number of benzene rings is 1. The molecule has 0 radical (unpaired) electrons. The summed E-state index contributed by atoms with van der Waals surface area (Å²) < 4.78 is 23.3. The zero-order valence-corrected chi connectivity index (χ0v) is 20.4. The van der Waals surface area contributed by atoms with Crippen LogP contribution in [-0.4, -0.2) is 43.6 Å². The van der Waals surface area contributed by atoms with Crippen LogP contribution in [0, 0.1) is 0 Å². The van der Waals surface area contributed by atoms with E-state index in [9.17, 15) is 0 Å². The van der Waals surface area contributed by atoms with Crippen LogP contribution in [0.1, 0.15) is 24.6 Å². The Morgan fingerprint density at radius 3 is 3.03 bits per heavy atom. The molecule has 5 rings (SSSR count). The zero-order chi connectivity index (χ0) is 23.4. The predicted molar refractivity (Wildman–Crippen MR) is 130 cm³/mol. The highest BCUT2D eigenvalue weighted by Gasteiger charge is 2.45. The van der Waals surface area contributed by atoms with Gasteiger partial charge in [-0.25, -0.2) is 14.6 Å². The first-order valence-electron chi connectivity index (χ1n) is 11.3. The number of nitrogens with zero attached hydrogens (tertiary/aromatic N) is 5. The van der Waals surface area contributed by atoms with Crippen molar-refractivity contribution in [3.63, 3.8) is 0 Å². The molecular formula is C24H26ClN5O3S. The number of unbranched alkanes of at least 4 members (excludes halogenated alkanes) is 1. The molecule has 0 spiro atoms. The molecule has 3 aromatic heterocycles. The van der Waals surface area contributed by atoms with Crippen LogP contribution in [0.3, 0.4) is 0 Å². The molecule has 0 aliphatic carbocycles. The lowest BCUT2D eigenvalue weighted by atomic mass is 10.2. The quantitative estimate of drug-likeness (QED) is 0.305. The van der Waals surface area contributed by atoms with Crippen LogP contribution in [0.4, 0.5) is 0 Å². The smallest absolute Gasteiger partial charge is 0.225 e. The molecule has 1 aliphatic rings. The zero-order valence-electron chi connectivity index (χ0n) is 18.8. The third-order valence-electron chi connectivity index (χ3n) is 5.64. The highest BCUT2D eigenvalue weighted by Crippen LogP contribution is 2.41. The average Bonchev–Trinajstić information content (AvgIpc) is 3.65. The first kappa shape index (κ1) is 23.0. The highest BCUT2D eigenvalue weighted by molar-refractivity contribution is 7.16. The molecule has 1 aromatic carbocycles. The molecule has 10 heteroatoms. The van der Waals surface area contributed by atoms with Gasteiger partial charge in [-0.1, -0.05) is 37.1 Å². The fourth-order valence-electron chi connectivity index (χ4n) is 3.98. The Bertz CT molecular complexity index is 1210. The highest BCUT2D eigenvalue weighted by atomic mass is 35.5. The van der Waals surface area contributed by atoms with Crippen molar-refractivity contribution in [2.24, 2.45) is 0 Å². The molecule has 0 saturated carbocycles. The minimum atomic E-state index is -0.981. The van der Waals surface area contributed by atoms with Crippen molar-refractivity contribution >= 4 is 22.9 Å². The van der Waals surface area contributed by atoms with E-state index >= 15 is 0 Å². The van der Waals surface area contributed by atoms with Gasteiger partial charge in [-0.05, 0) is 30.7 Å². The molecule has 2 atom stereocenters. The molecule has 1 fully saturated rings. The third kappa shape index (κ3) is 5.02. The monoisotopic (exact) mass is 499 g/mol. The van der Waals surface area contributed by atoms with Gasteiger partial charge in [0.2, 0.25) is 5.79 Å². The largest absolute Gasteiger partial charge is 0.491 e. The number of rotatable bonds is 10. The maximum Gasteiger partial charge on any atom is 0.225 e. The summed E-state index contributed by atoms with van der Waals surface area (Å²) in [5.74, 6) is 0.727.